The van der Waals surface area contributed by atoms with E-state index in [0.29, 0.717) is 12.3 Å². The first kappa shape index (κ1) is 23.5. The predicted molar refractivity (Wildman–Crippen MR) is 147 cm³/mol. The summed E-state index contributed by atoms with van der Waals surface area (Å²) in [6.07, 6.45) is 9.81. The Morgan fingerprint density at radius 2 is 1.75 bits per heavy atom. The minimum absolute atomic E-state index is 0.0999. The van der Waals surface area contributed by atoms with Crippen LogP contribution in [0.25, 0.3) is 17.0 Å². The van der Waals surface area contributed by atoms with E-state index in [-0.39, 0.29) is 11.0 Å². The third-order valence-electron chi connectivity index (χ3n) is 8.12. The summed E-state index contributed by atoms with van der Waals surface area (Å²) in [4.78, 5) is 14.5. The van der Waals surface area contributed by atoms with Crippen LogP contribution in [0.5, 0.6) is 0 Å². The highest BCUT2D eigenvalue weighted by Crippen LogP contribution is 2.49. The highest BCUT2D eigenvalue weighted by Gasteiger charge is 2.44. The summed E-state index contributed by atoms with van der Waals surface area (Å²) in [5.41, 5.74) is 5.87. The van der Waals surface area contributed by atoms with Crippen LogP contribution in [-0.4, -0.2) is 24.9 Å². The van der Waals surface area contributed by atoms with Crippen LogP contribution >= 0.6 is 11.8 Å². The van der Waals surface area contributed by atoms with E-state index in [9.17, 15) is 4.79 Å². The average molecular weight is 499 g/mol. The molecule has 1 fully saturated rings. The van der Waals surface area contributed by atoms with E-state index in [4.69, 9.17) is 0 Å². The lowest BCUT2D eigenvalue weighted by Crippen LogP contribution is -2.43. The lowest BCUT2D eigenvalue weighted by Gasteiger charge is -2.42. The first-order valence-electron chi connectivity index (χ1n) is 13.5. The molecular formula is C30H34N4OS. The Hall–Kier alpha value is -2.86. The van der Waals surface area contributed by atoms with E-state index in [2.05, 4.69) is 70.1 Å². The number of unbranched alkanes of at least 4 members (excludes halogenated alkanes) is 1. The van der Waals surface area contributed by atoms with Crippen LogP contribution in [0.3, 0.4) is 0 Å². The minimum Gasteiger partial charge on any atom is -0.276 e. The van der Waals surface area contributed by atoms with Gasteiger partial charge in [-0.1, -0.05) is 99.0 Å². The smallest absolute Gasteiger partial charge is 0.259 e. The predicted octanol–water partition coefficient (Wildman–Crippen LogP) is 6.45. The average Bonchev–Trinajstić information content (AvgIpc) is 3.33. The largest absolute Gasteiger partial charge is 0.276 e. The fraction of sp³-hybridized carbons (Fsp3) is 0.433. The Labute approximate surface area is 217 Å². The molecule has 2 aliphatic rings. The number of benzene rings is 2. The molecule has 0 atom stereocenters. The molecule has 0 radical (unpaired) electrons. The van der Waals surface area contributed by atoms with Crippen LogP contribution in [-0.2, 0) is 24.8 Å². The Morgan fingerprint density at radius 1 is 0.972 bits per heavy atom. The van der Waals surface area contributed by atoms with E-state index in [0.717, 1.165) is 60.7 Å². The summed E-state index contributed by atoms with van der Waals surface area (Å²) in [6.45, 7) is 2.82. The maximum atomic E-state index is 14.5. The number of fused-ring (bicyclic) bond motifs is 6. The van der Waals surface area contributed by atoms with E-state index in [1.54, 1.807) is 11.8 Å². The van der Waals surface area contributed by atoms with E-state index in [1.165, 1.54) is 36.0 Å². The molecule has 36 heavy (non-hydrogen) atoms. The lowest BCUT2D eigenvalue weighted by atomic mass is 9.62. The van der Waals surface area contributed by atoms with Gasteiger partial charge in [0.05, 0.1) is 5.69 Å². The molecule has 0 aliphatic heterocycles. The van der Waals surface area contributed by atoms with Crippen molar-refractivity contribution in [1.29, 1.82) is 0 Å². The molecule has 0 unspecified atom stereocenters. The molecule has 1 spiro atoms. The van der Waals surface area contributed by atoms with Gasteiger partial charge < -0.3 is 0 Å². The van der Waals surface area contributed by atoms with E-state index < -0.39 is 0 Å². The molecule has 0 amide bonds. The molecule has 2 heterocycles. The zero-order chi connectivity index (χ0) is 24.5. The van der Waals surface area contributed by atoms with Crippen molar-refractivity contribution in [1.82, 2.24) is 19.2 Å². The molecule has 1 saturated carbocycles. The van der Waals surface area contributed by atoms with Gasteiger partial charge in [0.1, 0.15) is 0 Å². The second-order valence-corrected chi connectivity index (χ2v) is 11.5. The van der Waals surface area contributed by atoms with Gasteiger partial charge in [0.2, 0.25) is 5.78 Å². The highest BCUT2D eigenvalue weighted by atomic mass is 32.2. The van der Waals surface area contributed by atoms with Crippen molar-refractivity contribution >= 4 is 17.5 Å². The normalized spacial score (nSPS) is 16.2. The molecule has 5 nitrogen and oxygen atoms in total. The maximum absolute atomic E-state index is 14.5. The van der Waals surface area contributed by atoms with Gasteiger partial charge >= 0.3 is 0 Å². The van der Waals surface area contributed by atoms with Crippen molar-refractivity contribution in [3.05, 3.63) is 81.6 Å². The van der Waals surface area contributed by atoms with Gasteiger partial charge in [0.25, 0.3) is 5.56 Å². The van der Waals surface area contributed by atoms with Gasteiger partial charge in [-0.15, -0.1) is 10.2 Å². The molecule has 2 aliphatic carbocycles. The van der Waals surface area contributed by atoms with Crippen molar-refractivity contribution in [3.63, 3.8) is 0 Å². The van der Waals surface area contributed by atoms with Gasteiger partial charge in [-0.25, -0.2) is 0 Å². The highest BCUT2D eigenvalue weighted by molar-refractivity contribution is 7.99. The molecule has 6 rings (SSSR count). The third kappa shape index (κ3) is 4.00. The van der Waals surface area contributed by atoms with Crippen molar-refractivity contribution in [2.45, 2.75) is 81.8 Å². The van der Waals surface area contributed by atoms with Gasteiger partial charge in [0, 0.05) is 28.8 Å². The molecule has 6 heteroatoms. The number of nitrogens with zero attached hydrogens (tertiary/aromatic N) is 4. The summed E-state index contributed by atoms with van der Waals surface area (Å²) in [5.74, 6) is 1.68. The fourth-order valence-electron chi connectivity index (χ4n) is 6.31. The summed E-state index contributed by atoms with van der Waals surface area (Å²) in [7, 11) is 0. The topological polar surface area (TPSA) is 52.2 Å². The van der Waals surface area contributed by atoms with Crippen LogP contribution in [0.2, 0.25) is 0 Å². The molecule has 4 aromatic rings. The maximum Gasteiger partial charge on any atom is 0.259 e. The Morgan fingerprint density at radius 3 is 2.56 bits per heavy atom. The van der Waals surface area contributed by atoms with Crippen LogP contribution in [0.1, 0.15) is 68.6 Å². The SMILES string of the molecule is CCCCSc1nnc2n(CCc3ccccc3)c(=O)c3c(n12)-c1ccccc1CC31CCCCC1. The Bertz CT molecular complexity index is 1430. The summed E-state index contributed by atoms with van der Waals surface area (Å²) < 4.78 is 4.16. The molecule has 186 valence electrons. The number of rotatable bonds is 7. The molecular weight excluding hydrogens is 464 g/mol. The number of hydrogen-bond acceptors (Lipinski definition) is 4. The molecule has 2 aromatic heterocycles. The molecule has 0 saturated heterocycles. The standard InChI is InChI=1S/C30H34N4OS/c1-2-3-20-36-29-32-31-28-33(19-16-22-12-6-4-7-13-22)27(35)25-26(34(28)29)24-15-9-8-14-23(24)21-30(25)17-10-5-11-18-30/h4,6-9,12-15H,2-3,5,10-11,16-21H2,1H3. The van der Waals surface area contributed by atoms with E-state index in [1.807, 2.05) is 10.6 Å². The number of aryl methyl sites for hydroxylation is 2. The monoisotopic (exact) mass is 498 g/mol. The number of thioether (sulfide) groups is 1. The number of hydrogen-bond donors (Lipinski definition) is 0. The molecule has 0 N–H and O–H groups in total. The minimum atomic E-state index is -0.0999. The van der Waals surface area contributed by atoms with Gasteiger partial charge in [-0.3, -0.25) is 13.8 Å². The molecule has 0 bridgehead atoms. The summed E-state index contributed by atoms with van der Waals surface area (Å²) in [6, 6.07) is 19.1. The fourth-order valence-corrected chi connectivity index (χ4v) is 7.32. The van der Waals surface area contributed by atoms with E-state index >= 15 is 0 Å². The van der Waals surface area contributed by atoms with Gasteiger partial charge in [0.15, 0.2) is 5.16 Å². The van der Waals surface area contributed by atoms with Gasteiger partial charge in [-0.2, -0.15) is 0 Å². The van der Waals surface area contributed by atoms with Crippen molar-refractivity contribution < 1.29 is 0 Å². The van der Waals surface area contributed by atoms with Crippen molar-refractivity contribution in [2.24, 2.45) is 0 Å². The second kappa shape index (κ2) is 9.89. The quantitative estimate of drug-likeness (QED) is 0.217. The van der Waals surface area contributed by atoms with Crippen LogP contribution in [0.4, 0.5) is 0 Å². The first-order chi connectivity index (χ1) is 17.7. The first-order valence-corrected chi connectivity index (χ1v) is 14.5. The van der Waals surface area contributed by atoms with Crippen LogP contribution in [0, 0.1) is 0 Å². The Balaban J connectivity index is 1.60. The third-order valence-corrected chi connectivity index (χ3v) is 9.13. The van der Waals surface area contributed by atoms with Crippen molar-refractivity contribution in [3.8, 4) is 11.3 Å². The lowest BCUT2D eigenvalue weighted by molar-refractivity contribution is 0.283. The van der Waals surface area contributed by atoms with Crippen molar-refractivity contribution in [2.75, 3.05) is 5.75 Å². The number of aromatic nitrogens is 4. The summed E-state index contributed by atoms with van der Waals surface area (Å²) >= 11 is 1.77. The summed E-state index contributed by atoms with van der Waals surface area (Å²) in [5, 5.41) is 10.2. The van der Waals surface area contributed by atoms with Gasteiger partial charge in [-0.05, 0) is 43.2 Å². The van der Waals surface area contributed by atoms with Crippen LogP contribution in [0.15, 0.2) is 64.5 Å². The molecule has 2 aromatic carbocycles. The second-order valence-electron chi connectivity index (χ2n) is 10.4. The zero-order valence-electron chi connectivity index (χ0n) is 21.1. The van der Waals surface area contributed by atoms with Crippen LogP contribution < -0.4 is 5.56 Å². The Kier molecular flexibility index (Phi) is 6.46. The zero-order valence-corrected chi connectivity index (χ0v) is 21.9.